The number of hydrogen-bond acceptors (Lipinski definition) is 4. The molecule has 0 saturated carbocycles. The van der Waals surface area contributed by atoms with Crippen molar-refractivity contribution in [1.29, 1.82) is 0 Å². The highest BCUT2D eigenvalue weighted by Gasteiger charge is 2.47. The highest BCUT2D eigenvalue weighted by atomic mass is 16.6. The Morgan fingerprint density at radius 1 is 0.973 bits per heavy atom. The lowest BCUT2D eigenvalue weighted by Gasteiger charge is -2.26. The first-order chi connectivity index (χ1) is 17.7. The van der Waals surface area contributed by atoms with Crippen LogP contribution >= 0.6 is 0 Å². The van der Waals surface area contributed by atoms with Gasteiger partial charge in [-0.1, -0.05) is 66.6 Å². The molecule has 3 aromatic carbocycles. The van der Waals surface area contributed by atoms with Crippen molar-refractivity contribution in [3.63, 3.8) is 0 Å². The third kappa shape index (κ3) is 6.17. The average Bonchev–Trinajstić information content (AvgIpc) is 3.21. The Bertz CT molecular complexity index is 1270. The van der Waals surface area contributed by atoms with Gasteiger partial charge in [0.05, 0.1) is 6.54 Å². The van der Waals surface area contributed by atoms with Gasteiger partial charge < -0.3 is 15.4 Å². The van der Waals surface area contributed by atoms with Gasteiger partial charge in [0.25, 0.3) is 5.91 Å². The number of aryl methyl sites for hydroxylation is 2. The molecule has 1 heterocycles. The Balaban J connectivity index is 1.60. The second-order valence-corrected chi connectivity index (χ2v) is 9.63. The molecule has 0 radical (unpaired) electrons. The SMILES string of the molecule is CCC(C)NC(=O)C1C(c2cccc(NC(=O)c3ccc(C)cc3)c2)OC(=O)N1Cc1ccc(C)cc1. The average molecular weight is 500 g/mol. The molecule has 1 fully saturated rings. The maximum atomic E-state index is 13.4. The normalized spacial score (nSPS) is 17.7. The van der Waals surface area contributed by atoms with E-state index in [9.17, 15) is 14.4 Å². The van der Waals surface area contributed by atoms with Crippen LogP contribution in [0.4, 0.5) is 10.5 Å². The molecule has 2 N–H and O–H groups in total. The van der Waals surface area contributed by atoms with Crippen molar-refractivity contribution in [2.75, 3.05) is 5.32 Å². The minimum atomic E-state index is -0.856. The number of benzene rings is 3. The lowest BCUT2D eigenvalue weighted by Crippen LogP contribution is -2.48. The molecule has 1 aliphatic heterocycles. The van der Waals surface area contributed by atoms with Crippen molar-refractivity contribution < 1.29 is 19.1 Å². The molecule has 7 nitrogen and oxygen atoms in total. The summed E-state index contributed by atoms with van der Waals surface area (Å²) in [5.41, 5.74) is 4.81. The summed E-state index contributed by atoms with van der Waals surface area (Å²) < 4.78 is 5.78. The first-order valence-corrected chi connectivity index (χ1v) is 12.6. The lowest BCUT2D eigenvalue weighted by molar-refractivity contribution is -0.127. The molecular weight excluding hydrogens is 466 g/mol. The fraction of sp³-hybridized carbons (Fsp3) is 0.300. The molecule has 1 aliphatic rings. The molecule has 3 aromatic rings. The van der Waals surface area contributed by atoms with E-state index in [-0.39, 0.29) is 24.4 Å². The molecule has 0 spiro atoms. The van der Waals surface area contributed by atoms with Crippen LogP contribution in [-0.4, -0.2) is 34.9 Å². The van der Waals surface area contributed by atoms with Crippen molar-refractivity contribution in [2.45, 2.75) is 58.8 Å². The van der Waals surface area contributed by atoms with Crippen LogP contribution in [-0.2, 0) is 16.1 Å². The van der Waals surface area contributed by atoms with Crippen molar-refractivity contribution in [3.05, 3.63) is 101 Å². The molecule has 192 valence electrons. The summed E-state index contributed by atoms with van der Waals surface area (Å²) in [6, 6.07) is 21.3. The van der Waals surface area contributed by atoms with Crippen LogP contribution in [0.1, 0.15) is 59.0 Å². The summed E-state index contributed by atoms with van der Waals surface area (Å²) in [4.78, 5) is 40.7. The second-order valence-electron chi connectivity index (χ2n) is 9.63. The maximum absolute atomic E-state index is 13.4. The topological polar surface area (TPSA) is 87.7 Å². The van der Waals surface area contributed by atoms with E-state index >= 15 is 0 Å². The van der Waals surface area contributed by atoms with Gasteiger partial charge in [0.15, 0.2) is 12.1 Å². The molecule has 1 saturated heterocycles. The summed E-state index contributed by atoms with van der Waals surface area (Å²) in [5, 5.41) is 5.91. The second kappa shape index (κ2) is 11.3. The quantitative estimate of drug-likeness (QED) is 0.426. The lowest BCUT2D eigenvalue weighted by atomic mass is 9.99. The molecular formula is C30H33N3O4. The summed E-state index contributed by atoms with van der Waals surface area (Å²) in [5.74, 6) is -0.515. The molecule has 3 atom stereocenters. The highest BCUT2D eigenvalue weighted by Crippen LogP contribution is 2.35. The molecule has 0 bridgehead atoms. The van der Waals surface area contributed by atoms with Gasteiger partial charge in [-0.2, -0.15) is 0 Å². The number of nitrogens with one attached hydrogen (secondary N) is 2. The molecule has 3 unspecified atom stereocenters. The predicted molar refractivity (Wildman–Crippen MR) is 143 cm³/mol. The van der Waals surface area contributed by atoms with E-state index in [4.69, 9.17) is 4.74 Å². The van der Waals surface area contributed by atoms with Crippen LogP contribution in [0.5, 0.6) is 0 Å². The zero-order chi connectivity index (χ0) is 26.5. The minimum Gasteiger partial charge on any atom is -0.438 e. The Hall–Kier alpha value is -4.13. The standard InChI is InChI=1S/C30H33N3O4/c1-5-21(4)31-29(35)26-27(37-30(36)33(26)18-22-13-9-19(2)10-14-22)24-7-6-8-25(17-24)32-28(34)23-15-11-20(3)12-16-23/h6-17,21,26-27H,5,18H2,1-4H3,(H,31,35)(H,32,34). The van der Waals surface area contributed by atoms with E-state index < -0.39 is 18.2 Å². The van der Waals surface area contributed by atoms with Gasteiger partial charge in [0, 0.05) is 17.3 Å². The number of carbonyl (C=O) groups is 3. The van der Waals surface area contributed by atoms with Gasteiger partial charge >= 0.3 is 6.09 Å². The van der Waals surface area contributed by atoms with Gasteiger partial charge in [-0.25, -0.2) is 4.79 Å². The van der Waals surface area contributed by atoms with Crippen LogP contribution < -0.4 is 10.6 Å². The van der Waals surface area contributed by atoms with E-state index in [0.29, 0.717) is 16.8 Å². The Kier molecular flexibility index (Phi) is 7.92. The van der Waals surface area contributed by atoms with E-state index in [1.54, 1.807) is 36.4 Å². The number of nitrogens with zero attached hydrogens (tertiary/aromatic N) is 1. The van der Waals surface area contributed by atoms with Crippen molar-refractivity contribution in [3.8, 4) is 0 Å². The third-order valence-corrected chi connectivity index (χ3v) is 6.61. The minimum absolute atomic E-state index is 0.0507. The number of ether oxygens (including phenoxy) is 1. The number of amides is 3. The van der Waals surface area contributed by atoms with Crippen LogP contribution in [0.3, 0.4) is 0 Å². The zero-order valence-corrected chi connectivity index (χ0v) is 21.7. The Morgan fingerprint density at radius 3 is 2.27 bits per heavy atom. The fourth-order valence-electron chi connectivity index (χ4n) is 4.23. The van der Waals surface area contributed by atoms with E-state index in [1.165, 1.54) is 4.90 Å². The van der Waals surface area contributed by atoms with Crippen LogP contribution in [0, 0.1) is 13.8 Å². The zero-order valence-electron chi connectivity index (χ0n) is 21.7. The first-order valence-electron chi connectivity index (χ1n) is 12.6. The van der Waals surface area contributed by atoms with Crippen LogP contribution in [0.25, 0.3) is 0 Å². The van der Waals surface area contributed by atoms with Crippen LogP contribution in [0.2, 0.25) is 0 Å². The number of carbonyl (C=O) groups excluding carboxylic acids is 3. The molecule has 0 aromatic heterocycles. The smallest absolute Gasteiger partial charge is 0.411 e. The number of rotatable bonds is 8. The Labute approximate surface area is 217 Å². The van der Waals surface area contributed by atoms with Gasteiger partial charge in [-0.15, -0.1) is 0 Å². The van der Waals surface area contributed by atoms with Gasteiger partial charge in [-0.05, 0) is 62.6 Å². The predicted octanol–water partition coefficient (Wildman–Crippen LogP) is 5.53. The summed E-state index contributed by atoms with van der Waals surface area (Å²) in [7, 11) is 0. The van der Waals surface area contributed by atoms with E-state index in [0.717, 1.165) is 23.1 Å². The highest BCUT2D eigenvalue weighted by molar-refractivity contribution is 6.04. The Morgan fingerprint density at radius 2 is 1.62 bits per heavy atom. The molecule has 4 rings (SSSR count). The van der Waals surface area contributed by atoms with Gasteiger partial charge in [0.1, 0.15) is 0 Å². The summed E-state index contributed by atoms with van der Waals surface area (Å²) >= 11 is 0. The number of cyclic esters (lactones) is 1. The van der Waals surface area contributed by atoms with Crippen molar-refractivity contribution in [1.82, 2.24) is 10.2 Å². The van der Waals surface area contributed by atoms with Crippen molar-refractivity contribution >= 4 is 23.6 Å². The molecule has 3 amide bonds. The molecule has 0 aliphatic carbocycles. The van der Waals surface area contributed by atoms with Gasteiger partial charge in [0.2, 0.25) is 5.91 Å². The largest absolute Gasteiger partial charge is 0.438 e. The van der Waals surface area contributed by atoms with E-state index in [1.807, 2.05) is 64.1 Å². The number of anilines is 1. The fourth-order valence-corrected chi connectivity index (χ4v) is 4.23. The monoisotopic (exact) mass is 499 g/mol. The van der Waals surface area contributed by atoms with E-state index in [2.05, 4.69) is 10.6 Å². The maximum Gasteiger partial charge on any atom is 0.411 e. The summed E-state index contributed by atoms with van der Waals surface area (Å²) in [6.45, 7) is 8.12. The molecule has 37 heavy (non-hydrogen) atoms. The third-order valence-electron chi connectivity index (χ3n) is 6.61. The summed E-state index contributed by atoms with van der Waals surface area (Å²) in [6.07, 6.45) is -0.613. The molecule has 7 heteroatoms. The van der Waals surface area contributed by atoms with Crippen molar-refractivity contribution in [2.24, 2.45) is 0 Å². The van der Waals surface area contributed by atoms with Crippen LogP contribution in [0.15, 0.2) is 72.8 Å². The first kappa shape index (κ1) is 25.9. The van der Waals surface area contributed by atoms with Gasteiger partial charge in [-0.3, -0.25) is 14.5 Å². The number of hydrogen-bond donors (Lipinski definition) is 2.